The van der Waals surface area contributed by atoms with E-state index in [0.29, 0.717) is 30.0 Å². The van der Waals surface area contributed by atoms with Gasteiger partial charge in [0.05, 0.1) is 12.1 Å². The Labute approximate surface area is 154 Å². The number of hydrogen-bond acceptors (Lipinski definition) is 3. The minimum Gasteiger partial charge on any atom is -0.348 e. The maximum atomic E-state index is 12.3. The Balaban J connectivity index is 1.30. The summed E-state index contributed by atoms with van der Waals surface area (Å²) in [6.45, 7) is 0.534. The maximum absolute atomic E-state index is 12.3. The Morgan fingerprint density at radius 1 is 1.12 bits per heavy atom. The largest absolute Gasteiger partial charge is 0.348 e. The number of nitrogens with zero attached hydrogens (tertiary/aromatic N) is 1. The van der Waals surface area contributed by atoms with E-state index < -0.39 is 0 Å². The zero-order valence-corrected chi connectivity index (χ0v) is 14.7. The van der Waals surface area contributed by atoms with Crippen molar-refractivity contribution in [2.75, 3.05) is 0 Å². The van der Waals surface area contributed by atoms with Crippen LogP contribution in [0.2, 0.25) is 0 Å². The summed E-state index contributed by atoms with van der Waals surface area (Å²) in [5.41, 5.74) is 3.02. The highest BCUT2D eigenvalue weighted by Gasteiger charge is 2.42. The van der Waals surface area contributed by atoms with Gasteiger partial charge in [-0.3, -0.25) is 10.1 Å². The Hall–Kier alpha value is -2.64. The molecule has 0 spiro atoms. The van der Waals surface area contributed by atoms with Gasteiger partial charge in [0.25, 0.3) is 5.91 Å². The third-order valence-corrected chi connectivity index (χ3v) is 5.31. The van der Waals surface area contributed by atoms with Crippen LogP contribution in [0.4, 0.5) is 0 Å². The highest BCUT2D eigenvalue weighted by Crippen LogP contribution is 2.43. The first-order valence-electron chi connectivity index (χ1n) is 9.32. The lowest BCUT2D eigenvalue weighted by Gasteiger charge is -2.10. The smallest absolute Gasteiger partial charge is 0.251 e. The molecule has 2 N–H and O–H groups in total. The van der Waals surface area contributed by atoms with Crippen LogP contribution in [-0.4, -0.2) is 18.0 Å². The number of benzene rings is 2. The van der Waals surface area contributed by atoms with Gasteiger partial charge in [-0.25, -0.2) is 0 Å². The van der Waals surface area contributed by atoms with Crippen LogP contribution < -0.4 is 10.6 Å². The number of rotatable bonds is 7. The third kappa shape index (κ3) is 3.95. The van der Waals surface area contributed by atoms with E-state index in [9.17, 15) is 10.1 Å². The second-order valence-corrected chi connectivity index (χ2v) is 7.35. The highest BCUT2D eigenvalue weighted by atomic mass is 16.1. The van der Waals surface area contributed by atoms with Crippen molar-refractivity contribution in [2.45, 2.75) is 43.8 Å². The van der Waals surface area contributed by atoms with Gasteiger partial charge in [0.2, 0.25) is 0 Å². The fraction of sp³-hybridized carbons (Fsp3) is 0.364. The summed E-state index contributed by atoms with van der Waals surface area (Å²) in [4.78, 5) is 12.3. The molecule has 2 aliphatic rings. The topological polar surface area (TPSA) is 64.9 Å². The summed E-state index contributed by atoms with van der Waals surface area (Å²) >= 11 is 0. The van der Waals surface area contributed by atoms with Gasteiger partial charge in [-0.15, -0.1) is 0 Å². The monoisotopic (exact) mass is 345 g/mol. The van der Waals surface area contributed by atoms with Crippen LogP contribution in [0, 0.1) is 17.2 Å². The number of carbonyl (C=O) groups excluding carboxylic acids is 1. The van der Waals surface area contributed by atoms with Gasteiger partial charge in [-0.1, -0.05) is 42.5 Å². The number of amides is 1. The Bertz CT molecular complexity index is 806. The SMILES string of the molecule is N#CC(NC1CC1c1ccc(C(=O)NCc2ccccc2)cc1)C1CC1. The lowest BCUT2D eigenvalue weighted by Crippen LogP contribution is -2.32. The molecule has 0 bridgehead atoms. The molecule has 0 saturated heterocycles. The maximum Gasteiger partial charge on any atom is 0.251 e. The standard InChI is InChI=1S/C22H23N3O/c23-13-21(17-8-9-17)25-20-12-19(20)16-6-10-18(11-7-16)22(26)24-14-15-4-2-1-3-5-15/h1-7,10-11,17,19-21,25H,8-9,12,14H2,(H,24,26). The van der Waals surface area contributed by atoms with E-state index in [4.69, 9.17) is 0 Å². The highest BCUT2D eigenvalue weighted by molar-refractivity contribution is 5.94. The minimum absolute atomic E-state index is 0.00744. The summed E-state index contributed by atoms with van der Waals surface area (Å²) in [6, 6.07) is 20.6. The molecule has 4 heteroatoms. The van der Waals surface area contributed by atoms with Crippen LogP contribution in [0.3, 0.4) is 0 Å². The van der Waals surface area contributed by atoms with Crippen molar-refractivity contribution < 1.29 is 4.79 Å². The number of hydrogen-bond donors (Lipinski definition) is 2. The molecule has 4 rings (SSSR count). The average molecular weight is 345 g/mol. The van der Waals surface area contributed by atoms with Crippen molar-refractivity contribution >= 4 is 5.91 Å². The van der Waals surface area contributed by atoms with Crippen molar-refractivity contribution in [2.24, 2.45) is 5.92 Å². The first-order chi connectivity index (χ1) is 12.7. The molecule has 4 nitrogen and oxygen atoms in total. The molecule has 0 aliphatic heterocycles. The first-order valence-corrected chi connectivity index (χ1v) is 9.32. The molecule has 2 saturated carbocycles. The molecule has 132 valence electrons. The number of carbonyl (C=O) groups is 1. The molecule has 0 heterocycles. The second kappa shape index (κ2) is 7.31. The van der Waals surface area contributed by atoms with E-state index >= 15 is 0 Å². The van der Waals surface area contributed by atoms with Crippen LogP contribution in [0.15, 0.2) is 54.6 Å². The Morgan fingerprint density at radius 2 is 1.85 bits per heavy atom. The molecule has 2 aliphatic carbocycles. The van der Waals surface area contributed by atoms with Gasteiger partial charge in [0, 0.05) is 24.1 Å². The van der Waals surface area contributed by atoms with Crippen molar-refractivity contribution in [3.8, 4) is 6.07 Å². The van der Waals surface area contributed by atoms with E-state index in [1.54, 1.807) is 0 Å². The molecule has 3 atom stereocenters. The van der Waals surface area contributed by atoms with Gasteiger partial charge < -0.3 is 5.32 Å². The zero-order valence-electron chi connectivity index (χ0n) is 14.7. The van der Waals surface area contributed by atoms with E-state index in [0.717, 1.165) is 12.0 Å². The fourth-order valence-electron chi connectivity index (χ4n) is 3.45. The third-order valence-electron chi connectivity index (χ3n) is 5.31. The molecule has 26 heavy (non-hydrogen) atoms. The minimum atomic E-state index is -0.0517. The lowest BCUT2D eigenvalue weighted by molar-refractivity contribution is 0.0951. The molecular formula is C22H23N3O. The van der Waals surface area contributed by atoms with E-state index in [1.807, 2.05) is 54.6 Å². The predicted octanol–water partition coefficient (Wildman–Crippen LogP) is 3.36. The molecule has 2 aromatic rings. The summed E-state index contributed by atoms with van der Waals surface area (Å²) in [5.74, 6) is 0.965. The normalized spacial score (nSPS) is 22.3. The lowest BCUT2D eigenvalue weighted by atomic mass is 10.1. The zero-order chi connectivity index (χ0) is 17.9. The van der Waals surface area contributed by atoms with Crippen LogP contribution in [-0.2, 0) is 6.54 Å². The Kier molecular flexibility index (Phi) is 4.73. The molecule has 0 aromatic heterocycles. The van der Waals surface area contributed by atoms with Crippen molar-refractivity contribution in [3.63, 3.8) is 0 Å². The van der Waals surface area contributed by atoms with E-state index in [2.05, 4.69) is 16.7 Å². The summed E-state index contributed by atoms with van der Waals surface area (Å²) in [5, 5.41) is 15.7. The quantitative estimate of drug-likeness (QED) is 0.809. The number of nitriles is 1. The summed E-state index contributed by atoms with van der Waals surface area (Å²) in [6.07, 6.45) is 3.43. The second-order valence-electron chi connectivity index (χ2n) is 7.35. The molecule has 3 unspecified atom stereocenters. The van der Waals surface area contributed by atoms with Crippen LogP contribution in [0.1, 0.15) is 46.7 Å². The van der Waals surface area contributed by atoms with Crippen LogP contribution in [0.5, 0.6) is 0 Å². The van der Waals surface area contributed by atoms with Gasteiger partial charge in [-0.05, 0) is 48.4 Å². The van der Waals surface area contributed by atoms with E-state index in [-0.39, 0.29) is 11.9 Å². The van der Waals surface area contributed by atoms with Gasteiger partial charge >= 0.3 is 0 Å². The predicted molar refractivity (Wildman–Crippen MR) is 100 cm³/mol. The number of nitrogens with one attached hydrogen (secondary N) is 2. The fourth-order valence-corrected chi connectivity index (χ4v) is 3.45. The molecule has 2 aromatic carbocycles. The average Bonchev–Trinajstić information content (AvgIpc) is 3.60. The van der Waals surface area contributed by atoms with Gasteiger partial charge in [-0.2, -0.15) is 5.26 Å². The molecule has 1 amide bonds. The summed E-state index contributed by atoms with van der Waals surface area (Å²) in [7, 11) is 0. The van der Waals surface area contributed by atoms with Crippen LogP contribution in [0.25, 0.3) is 0 Å². The van der Waals surface area contributed by atoms with Crippen molar-refractivity contribution in [1.82, 2.24) is 10.6 Å². The molecule has 2 fully saturated rings. The van der Waals surface area contributed by atoms with E-state index in [1.165, 1.54) is 18.4 Å². The molecule has 0 radical (unpaired) electrons. The van der Waals surface area contributed by atoms with Crippen LogP contribution >= 0.6 is 0 Å². The van der Waals surface area contributed by atoms with Gasteiger partial charge in [0.15, 0.2) is 0 Å². The van der Waals surface area contributed by atoms with Crippen molar-refractivity contribution in [3.05, 3.63) is 71.3 Å². The first kappa shape index (κ1) is 16.8. The van der Waals surface area contributed by atoms with Crippen molar-refractivity contribution in [1.29, 1.82) is 5.26 Å². The summed E-state index contributed by atoms with van der Waals surface area (Å²) < 4.78 is 0. The van der Waals surface area contributed by atoms with Gasteiger partial charge in [0.1, 0.15) is 0 Å². The molecular weight excluding hydrogens is 322 g/mol. The Morgan fingerprint density at radius 3 is 2.50 bits per heavy atom.